The monoisotopic (exact) mass is 705 g/mol. The molecule has 7 nitrogen and oxygen atoms in total. The smallest absolute Gasteiger partial charge is 0.264 e. The molecular weight excluding hydrogens is 665 g/mol. The molecule has 4 aromatic rings. The van der Waals surface area contributed by atoms with Crippen LogP contribution in [0.15, 0.2) is 102 Å². The van der Waals surface area contributed by atoms with Gasteiger partial charge in [0.1, 0.15) is 12.6 Å². The third kappa shape index (κ3) is 8.59. The first-order valence-corrected chi connectivity index (χ1v) is 18.5. The Morgan fingerprint density at radius 2 is 1.46 bits per heavy atom. The number of benzene rings is 4. The number of sulfonamides is 1. The lowest BCUT2D eigenvalue weighted by Crippen LogP contribution is -2.55. The highest BCUT2D eigenvalue weighted by Crippen LogP contribution is 2.31. The highest BCUT2D eigenvalue weighted by molar-refractivity contribution is 7.92. The van der Waals surface area contributed by atoms with E-state index in [1.54, 1.807) is 42.5 Å². The average Bonchev–Trinajstić information content (AvgIpc) is 3.08. The summed E-state index contributed by atoms with van der Waals surface area (Å²) in [5.74, 6) is -0.863. The first kappa shape index (κ1) is 35.5. The van der Waals surface area contributed by atoms with Crippen molar-refractivity contribution in [1.29, 1.82) is 0 Å². The predicted octanol–water partition coefficient (Wildman–Crippen LogP) is 7.89. The third-order valence-corrected chi connectivity index (χ3v) is 11.3. The Morgan fingerprint density at radius 3 is 2.10 bits per heavy atom. The number of carbonyl (C=O) groups excluding carboxylic acids is 2. The van der Waals surface area contributed by atoms with Crippen LogP contribution in [0.2, 0.25) is 10.0 Å². The van der Waals surface area contributed by atoms with Crippen LogP contribution in [0.3, 0.4) is 0 Å². The molecule has 252 valence electrons. The van der Waals surface area contributed by atoms with Crippen LogP contribution in [-0.4, -0.2) is 43.8 Å². The number of nitrogens with one attached hydrogen (secondary N) is 1. The molecule has 4 aromatic carbocycles. The lowest BCUT2D eigenvalue weighted by atomic mass is 9.94. The normalized spacial score (nSPS) is 14.2. The standard InChI is InChI=1S/C38H41Cl2N3O4S/c1-27-21-22-28(2)35(23-27)43(48(46,47)31-17-10-5-11-18-31)26-37(44)42(25-32-33(39)19-12-20-34(32)40)36(24-29-13-6-3-7-14-29)38(45)41-30-15-8-4-9-16-30/h3,5-7,10-14,17-23,30,36H,4,8-9,15-16,24-26H2,1-2H3,(H,41,45)/t36-/m1/s1. The third-order valence-electron chi connectivity index (χ3n) is 8.86. The Morgan fingerprint density at radius 1 is 0.833 bits per heavy atom. The number of halogens is 2. The number of nitrogens with zero attached hydrogens (tertiary/aromatic N) is 2. The van der Waals surface area contributed by atoms with E-state index in [2.05, 4.69) is 5.32 Å². The van der Waals surface area contributed by atoms with Gasteiger partial charge in [-0.3, -0.25) is 13.9 Å². The van der Waals surface area contributed by atoms with Crippen molar-refractivity contribution in [3.63, 3.8) is 0 Å². The van der Waals surface area contributed by atoms with Gasteiger partial charge in [-0.25, -0.2) is 8.42 Å². The van der Waals surface area contributed by atoms with Gasteiger partial charge in [0.15, 0.2) is 0 Å². The second-order valence-corrected chi connectivity index (χ2v) is 15.1. The average molecular weight is 707 g/mol. The Hall–Kier alpha value is -3.85. The molecule has 10 heteroatoms. The molecule has 0 bridgehead atoms. The fraction of sp³-hybridized carbons (Fsp3) is 0.316. The van der Waals surface area contributed by atoms with Crippen molar-refractivity contribution >= 4 is 50.7 Å². The van der Waals surface area contributed by atoms with Gasteiger partial charge in [-0.05, 0) is 73.7 Å². The largest absolute Gasteiger partial charge is 0.352 e. The van der Waals surface area contributed by atoms with E-state index >= 15 is 0 Å². The van der Waals surface area contributed by atoms with Gasteiger partial charge in [0.2, 0.25) is 11.8 Å². The Labute approximate surface area is 293 Å². The molecular formula is C38H41Cl2N3O4S. The van der Waals surface area contributed by atoms with E-state index in [0.717, 1.165) is 47.5 Å². The highest BCUT2D eigenvalue weighted by Gasteiger charge is 2.36. The molecule has 0 aliphatic heterocycles. The van der Waals surface area contributed by atoms with Crippen LogP contribution in [0.25, 0.3) is 0 Å². The summed E-state index contributed by atoms with van der Waals surface area (Å²) in [5, 5.41) is 3.90. The molecule has 2 amide bonds. The molecule has 1 atom stereocenters. The maximum atomic E-state index is 14.8. The zero-order chi connectivity index (χ0) is 34.3. The minimum Gasteiger partial charge on any atom is -0.352 e. The van der Waals surface area contributed by atoms with Gasteiger partial charge in [0, 0.05) is 34.6 Å². The molecule has 1 fully saturated rings. The molecule has 0 spiro atoms. The summed E-state index contributed by atoms with van der Waals surface area (Å²) in [7, 11) is -4.21. The van der Waals surface area contributed by atoms with E-state index in [4.69, 9.17) is 23.2 Å². The number of anilines is 1. The summed E-state index contributed by atoms with van der Waals surface area (Å²) in [6, 6.07) is 27.1. The van der Waals surface area contributed by atoms with E-state index in [1.165, 1.54) is 17.0 Å². The van der Waals surface area contributed by atoms with Crippen LogP contribution in [0.1, 0.15) is 54.4 Å². The zero-order valence-electron chi connectivity index (χ0n) is 27.2. The quantitative estimate of drug-likeness (QED) is 0.162. The Kier molecular flexibility index (Phi) is 11.8. The molecule has 1 N–H and O–H groups in total. The van der Waals surface area contributed by atoms with Gasteiger partial charge in [0.25, 0.3) is 10.0 Å². The van der Waals surface area contributed by atoms with Gasteiger partial charge < -0.3 is 10.2 Å². The van der Waals surface area contributed by atoms with Crippen molar-refractivity contribution < 1.29 is 18.0 Å². The van der Waals surface area contributed by atoms with Crippen molar-refractivity contribution in [2.45, 2.75) is 75.9 Å². The summed E-state index contributed by atoms with van der Waals surface area (Å²) in [6.45, 7) is 3.03. The molecule has 48 heavy (non-hydrogen) atoms. The van der Waals surface area contributed by atoms with E-state index in [1.807, 2.05) is 56.3 Å². The number of rotatable bonds is 12. The van der Waals surface area contributed by atoms with Crippen molar-refractivity contribution in [3.8, 4) is 0 Å². The second kappa shape index (κ2) is 16.0. The van der Waals surface area contributed by atoms with E-state index in [9.17, 15) is 18.0 Å². The predicted molar refractivity (Wildman–Crippen MR) is 193 cm³/mol. The van der Waals surface area contributed by atoms with Crippen LogP contribution in [-0.2, 0) is 32.6 Å². The summed E-state index contributed by atoms with van der Waals surface area (Å²) in [4.78, 5) is 30.6. The minimum atomic E-state index is -4.21. The fourth-order valence-electron chi connectivity index (χ4n) is 6.17. The lowest BCUT2D eigenvalue weighted by Gasteiger charge is -2.35. The van der Waals surface area contributed by atoms with Crippen LogP contribution in [0.4, 0.5) is 5.69 Å². The Bertz CT molecular complexity index is 1810. The topological polar surface area (TPSA) is 86.8 Å². The van der Waals surface area contributed by atoms with E-state index in [-0.39, 0.29) is 29.8 Å². The van der Waals surface area contributed by atoms with Crippen molar-refractivity contribution in [3.05, 3.63) is 129 Å². The molecule has 1 saturated carbocycles. The molecule has 0 aromatic heterocycles. The maximum Gasteiger partial charge on any atom is 0.264 e. The van der Waals surface area contributed by atoms with E-state index < -0.39 is 28.5 Å². The van der Waals surface area contributed by atoms with E-state index in [0.29, 0.717) is 26.9 Å². The molecule has 0 heterocycles. The van der Waals surface area contributed by atoms with Gasteiger partial charge in [-0.15, -0.1) is 0 Å². The zero-order valence-corrected chi connectivity index (χ0v) is 29.6. The number of aryl methyl sites for hydroxylation is 2. The lowest BCUT2D eigenvalue weighted by molar-refractivity contribution is -0.140. The highest BCUT2D eigenvalue weighted by atomic mass is 35.5. The molecule has 5 rings (SSSR count). The summed E-state index contributed by atoms with van der Waals surface area (Å²) >= 11 is 13.3. The number of carbonyl (C=O) groups is 2. The molecule has 0 unspecified atom stereocenters. The number of hydrogen-bond acceptors (Lipinski definition) is 4. The van der Waals surface area contributed by atoms with Gasteiger partial charge >= 0.3 is 0 Å². The van der Waals surface area contributed by atoms with Gasteiger partial charge in [0.05, 0.1) is 10.6 Å². The molecule has 0 saturated heterocycles. The van der Waals surface area contributed by atoms with Crippen molar-refractivity contribution in [1.82, 2.24) is 10.2 Å². The molecule has 1 aliphatic rings. The number of hydrogen-bond donors (Lipinski definition) is 1. The first-order valence-electron chi connectivity index (χ1n) is 16.3. The summed E-state index contributed by atoms with van der Waals surface area (Å²) < 4.78 is 29.8. The molecule has 1 aliphatic carbocycles. The summed E-state index contributed by atoms with van der Waals surface area (Å²) in [5.41, 5.74) is 3.23. The van der Waals surface area contributed by atoms with Gasteiger partial charge in [-0.2, -0.15) is 0 Å². The maximum absolute atomic E-state index is 14.8. The fourth-order valence-corrected chi connectivity index (χ4v) is 8.18. The first-order chi connectivity index (χ1) is 23.0. The van der Waals surface area contributed by atoms with Crippen LogP contribution < -0.4 is 9.62 Å². The minimum absolute atomic E-state index is 0.00437. The SMILES string of the molecule is Cc1ccc(C)c(N(CC(=O)N(Cc2c(Cl)cccc2Cl)[C@H](Cc2ccccc2)C(=O)NC2CCCCC2)S(=O)(=O)c2ccccc2)c1. The van der Waals surface area contributed by atoms with Crippen molar-refractivity contribution in [2.24, 2.45) is 0 Å². The van der Waals surface area contributed by atoms with Crippen molar-refractivity contribution in [2.75, 3.05) is 10.8 Å². The Balaban J connectivity index is 1.61. The second-order valence-electron chi connectivity index (χ2n) is 12.4. The van der Waals surface area contributed by atoms with Crippen LogP contribution in [0.5, 0.6) is 0 Å². The summed E-state index contributed by atoms with van der Waals surface area (Å²) in [6.07, 6.45) is 5.11. The number of amides is 2. The molecule has 0 radical (unpaired) electrons. The van der Waals surface area contributed by atoms with Crippen LogP contribution in [0, 0.1) is 13.8 Å². The van der Waals surface area contributed by atoms with Gasteiger partial charge in [-0.1, -0.05) is 109 Å². The van der Waals surface area contributed by atoms with Crippen LogP contribution >= 0.6 is 23.2 Å².